The van der Waals surface area contributed by atoms with Crippen LogP contribution in [0.25, 0.3) is 0 Å². The van der Waals surface area contributed by atoms with Crippen molar-refractivity contribution >= 4 is 23.2 Å². The molecule has 0 saturated carbocycles. The number of allylic oxidation sites excluding steroid dienone is 1. The van der Waals surface area contributed by atoms with E-state index < -0.39 is 11.0 Å². The van der Waals surface area contributed by atoms with Crippen molar-refractivity contribution in [2.75, 3.05) is 10.6 Å². The quantitative estimate of drug-likeness (QED) is 0.504. The Morgan fingerprint density at radius 2 is 1.90 bits per heavy atom. The van der Waals surface area contributed by atoms with E-state index in [9.17, 15) is 14.9 Å². The van der Waals surface area contributed by atoms with E-state index in [2.05, 4.69) is 26.2 Å². The molecule has 0 radical (unpaired) electrons. The Kier molecular flexibility index (Phi) is 4.74. The number of anilines is 2. The molecule has 30 heavy (non-hydrogen) atoms. The van der Waals surface area contributed by atoms with E-state index in [1.54, 1.807) is 19.1 Å². The van der Waals surface area contributed by atoms with Gasteiger partial charge in [-0.1, -0.05) is 17.2 Å². The number of nitro benzene ring substituents is 1. The maximum Gasteiger partial charge on any atom is 0.269 e. The van der Waals surface area contributed by atoms with Crippen molar-refractivity contribution in [3.63, 3.8) is 0 Å². The summed E-state index contributed by atoms with van der Waals surface area (Å²) in [7, 11) is 0. The molecule has 3 aromatic rings. The highest BCUT2D eigenvalue weighted by atomic mass is 16.6. The second kappa shape index (κ2) is 7.39. The molecule has 2 aromatic carbocycles. The zero-order valence-corrected chi connectivity index (χ0v) is 16.6. The van der Waals surface area contributed by atoms with Crippen molar-refractivity contribution in [1.82, 2.24) is 20.2 Å². The van der Waals surface area contributed by atoms with Gasteiger partial charge in [-0.05, 0) is 66.1 Å². The molecule has 2 N–H and O–H groups in total. The maximum absolute atomic E-state index is 13.3. The lowest BCUT2D eigenvalue weighted by Crippen LogP contribution is -2.31. The summed E-state index contributed by atoms with van der Waals surface area (Å²) < 4.78 is 1.49. The van der Waals surface area contributed by atoms with Crippen molar-refractivity contribution < 1.29 is 9.72 Å². The SMILES string of the molecule is CC1=C(C(=O)Nc2cccc(C)c2C)C(c2ccc([N+](=O)[O-])cc2)n2nnnc2N1. The van der Waals surface area contributed by atoms with Crippen LogP contribution in [0, 0.1) is 24.0 Å². The van der Waals surface area contributed by atoms with E-state index in [4.69, 9.17) is 0 Å². The molecule has 4 rings (SSSR count). The van der Waals surface area contributed by atoms with Gasteiger partial charge in [0.25, 0.3) is 11.6 Å². The monoisotopic (exact) mass is 405 g/mol. The number of carbonyl (C=O) groups excluding carboxylic acids is 1. The number of hydrogen-bond acceptors (Lipinski definition) is 7. The first kappa shape index (κ1) is 19.2. The number of fused-ring (bicyclic) bond motifs is 1. The standard InChI is InChI=1S/C20H19N7O3/c1-11-5-4-6-16(12(11)2)22-19(28)17-13(3)21-20-23-24-25-26(20)18(17)14-7-9-15(10-8-14)27(29)30/h4-10,18H,1-3H3,(H,22,28)(H,21,23,25). The number of nitrogens with zero attached hydrogens (tertiary/aromatic N) is 5. The van der Waals surface area contributed by atoms with Gasteiger partial charge in [0.05, 0.1) is 10.5 Å². The van der Waals surface area contributed by atoms with Crippen LogP contribution in [0.5, 0.6) is 0 Å². The van der Waals surface area contributed by atoms with Crippen LogP contribution in [0.4, 0.5) is 17.3 Å². The lowest BCUT2D eigenvalue weighted by molar-refractivity contribution is -0.384. The summed E-state index contributed by atoms with van der Waals surface area (Å²) in [6.07, 6.45) is 0. The third-order valence-electron chi connectivity index (χ3n) is 5.23. The topological polar surface area (TPSA) is 128 Å². The van der Waals surface area contributed by atoms with Crippen molar-refractivity contribution in [1.29, 1.82) is 0 Å². The zero-order valence-electron chi connectivity index (χ0n) is 16.6. The van der Waals surface area contributed by atoms with Gasteiger partial charge in [0, 0.05) is 23.5 Å². The summed E-state index contributed by atoms with van der Waals surface area (Å²) in [6.45, 7) is 5.69. The Hall–Kier alpha value is -4.08. The number of carbonyl (C=O) groups is 1. The maximum atomic E-state index is 13.3. The van der Waals surface area contributed by atoms with E-state index in [0.717, 1.165) is 11.1 Å². The molecular weight excluding hydrogens is 386 g/mol. The first-order chi connectivity index (χ1) is 14.4. The van der Waals surface area contributed by atoms with Gasteiger partial charge in [-0.15, -0.1) is 0 Å². The number of tetrazole rings is 1. The number of aryl methyl sites for hydroxylation is 1. The molecule has 1 atom stereocenters. The van der Waals surface area contributed by atoms with Crippen LogP contribution < -0.4 is 10.6 Å². The van der Waals surface area contributed by atoms with Gasteiger partial charge in [-0.25, -0.2) is 0 Å². The number of rotatable bonds is 4. The Morgan fingerprint density at radius 3 is 2.60 bits per heavy atom. The molecule has 1 aliphatic rings. The largest absolute Gasteiger partial charge is 0.326 e. The molecule has 2 heterocycles. The number of benzene rings is 2. The third-order valence-corrected chi connectivity index (χ3v) is 5.23. The molecule has 10 nitrogen and oxygen atoms in total. The van der Waals surface area contributed by atoms with Crippen LogP contribution in [-0.2, 0) is 4.79 Å². The van der Waals surface area contributed by atoms with Crippen molar-refractivity contribution in [2.24, 2.45) is 0 Å². The predicted molar refractivity (Wildman–Crippen MR) is 110 cm³/mol. The van der Waals surface area contributed by atoms with Gasteiger partial charge in [-0.3, -0.25) is 14.9 Å². The number of hydrogen-bond donors (Lipinski definition) is 2. The molecule has 1 unspecified atom stereocenters. The molecule has 0 saturated heterocycles. The fraction of sp³-hybridized carbons (Fsp3) is 0.200. The average Bonchev–Trinajstić information content (AvgIpc) is 3.18. The highest BCUT2D eigenvalue weighted by Crippen LogP contribution is 2.35. The summed E-state index contributed by atoms with van der Waals surface area (Å²) in [4.78, 5) is 23.9. The minimum absolute atomic E-state index is 0.0355. The molecule has 0 fully saturated rings. The van der Waals surface area contributed by atoms with Gasteiger partial charge in [0.1, 0.15) is 6.04 Å². The van der Waals surface area contributed by atoms with Crippen molar-refractivity contribution in [3.8, 4) is 0 Å². The Morgan fingerprint density at radius 1 is 1.17 bits per heavy atom. The molecule has 10 heteroatoms. The molecule has 1 aliphatic heterocycles. The van der Waals surface area contributed by atoms with Crippen molar-refractivity contribution in [3.05, 3.63) is 80.5 Å². The predicted octanol–water partition coefficient (Wildman–Crippen LogP) is 3.13. The summed E-state index contributed by atoms with van der Waals surface area (Å²) in [6, 6.07) is 11.1. The zero-order chi connectivity index (χ0) is 21.4. The molecule has 0 aliphatic carbocycles. The van der Waals surface area contributed by atoms with Crippen LogP contribution >= 0.6 is 0 Å². The van der Waals surface area contributed by atoms with Crippen LogP contribution in [0.3, 0.4) is 0 Å². The first-order valence-corrected chi connectivity index (χ1v) is 9.24. The van der Waals surface area contributed by atoms with Gasteiger partial charge in [0.15, 0.2) is 0 Å². The minimum atomic E-state index is -0.637. The second-order valence-corrected chi connectivity index (χ2v) is 7.06. The molecule has 0 spiro atoms. The number of nitro groups is 1. The van der Waals surface area contributed by atoms with E-state index in [0.29, 0.717) is 28.5 Å². The number of nitrogens with one attached hydrogen (secondary N) is 2. The Balaban J connectivity index is 1.76. The second-order valence-electron chi connectivity index (χ2n) is 7.06. The summed E-state index contributed by atoms with van der Waals surface area (Å²) >= 11 is 0. The highest BCUT2D eigenvalue weighted by Gasteiger charge is 2.34. The molecule has 152 valence electrons. The molecular formula is C20H19N7O3. The summed E-state index contributed by atoms with van der Waals surface area (Å²) in [5.41, 5.74) is 4.39. The summed E-state index contributed by atoms with van der Waals surface area (Å²) in [5, 5.41) is 28.7. The highest BCUT2D eigenvalue weighted by molar-refractivity contribution is 6.06. The number of aromatic nitrogens is 4. The fourth-order valence-corrected chi connectivity index (χ4v) is 3.47. The number of amides is 1. The van der Waals surface area contributed by atoms with Crippen LogP contribution in [0.15, 0.2) is 53.7 Å². The lowest BCUT2D eigenvalue weighted by Gasteiger charge is -2.28. The van der Waals surface area contributed by atoms with Gasteiger partial charge in [-0.2, -0.15) is 4.68 Å². The van der Waals surface area contributed by atoms with Crippen LogP contribution in [0.1, 0.15) is 29.7 Å². The van der Waals surface area contributed by atoms with E-state index in [-0.39, 0.29) is 11.6 Å². The average molecular weight is 405 g/mol. The lowest BCUT2D eigenvalue weighted by atomic mass is 9.94. The minimum Gasteiger partial charge on any atom is -0.326 e. The van der Waals surface area contributed by atoms with Crippen LogP contribution in [-0.4, -0.2) is 31.0 Å². The molecule has 1 aromatic heterocycles. The fourth-order valence-electron chi connectivity index (χ4n) is 3.47. The van der Waals surface area contributed by atoms with E-state index in [1.165, 1.54) is 16.8 Å². The van der Waals surface area contributed by atoms with Crippen LogP contribution in [0.2, 0.25) is 0 Å². The Bertz CT molecular complexity index is 1180. The van der Waals surface area contributed by atoms with Gasteiger partial charge in [0.2, 0.25) is 5.95 Å². The summed E-state index contributed by atoms with van der Waals surface area (Å²) in [5.74, 6) is 0.0809. The third kappa shape index (κ3) is 3.28. The smallest absolute Gasteiger partial charge is 0.269 e. The van der Waals surface area contributed by atoms with Crippen molar-refractivity contribution in [2.45, 2.75) is 26.8 Å². The van der Waals surface area contributed by atoms with Gasteiger partial charge < -0.3 is 10.6 Å². The molecule has 1 amide bonds. The normalized spacial score (nSPS) is 15.4. The first-order valence-electron chi connectivity index (χ1n) is 9.24. The Labute approximate surface area is 171 Å². The van der Waals surface area contributed by atoms with E-state index >= 15 is 0 Å². The number of non-ortho nitro benzene ring substituents is 1. The van der Waals surface area contributed by atoms with E-state index in [1.807, 2.05) is 32.0 Å². The molecule has 0 bridgehead atoms. The van der Waals surface area contributed by atoms with Gasteiger partial charge >= 0.3 is 0 Å².